The van der Waals surface area contributed by atoms with Crippen molar-refractivity contribution >= 4 is 19.7 Å². The summed E-state index contributed by atoms with van der Waals surface area (Å²) in [6.45, 7) is 0. The van der Waals surface area contributed by atoms with Gasteiger partial charge in [0.2, 0.25) is 0 Å². The van der Waals surface area contributed by atoms with E-state index < -0.39 is 8.49 Å². The van der Waals surface area contributed by atoms with Crippen molar-refractivity contribution in [3.8, 4) is 0 Å². The molecular weight excluding hydrogens is 248 g/mol. The molecule has 0 fully saturated rings. The van der Waals surface area contributed by atoms with Crippen LogP contribution < -0.4 is 0 Å². The normalized spacial score (nSPS) is 11.3. The van der Waals surface area contributed by atoms with E-state index in [0.717, 1.165) is 11.1 Å². The Morgan fingerprint density at radius 2 is 1.12 bits per heavy atom. The molecule has 0 aromatic heterocycles. The molecule has 0 radical (unpaired) electrons. The predicted octanol–water partition coefficient (Wildman–Crippen LogP) is 3.13. The van der Waals surface area contributed by atoms with Crippen LogP contribution in [0.4, 0.5) is 0 Å². The second-order valence-electron chi connectivity index (χ2n) is 4.00. The summed E-state index contributed by atoms with van der Waals surface area (Å²) in [5.74, 6) is 0.941. The maximum Gasteiger partial charge on any atom is 0.0512 e. The maximum absolute atomic E-state index is 12.3. The summed E-state index contributed by atoms with van der Waals surface area (Å²) >= 11 is 5.24. The average molecular weight is 262 g/mol. The van der Waals surface area contributed by atoms with Gasteiger partial charge in [-0.3, -0.25) is 4.21 Å². The van der Waals surface area contributed by atoms with E-state index in [4.69, 9.17) is 11.2 Å². The van der Waals surface area contributed by atoms with E-state index in [1.54, 1.807) is 0 Å². The topological polar surface area (TPSA) is 17.1 Å². The number of hydrogen-bond acceptors (Lipinski definition) is 2. The lowest BCUT2D eigenvalue weighted by molar-refractivity contribution is 0.681. The van der Waals surface area contributed by atoms with Crippen molar-refractivity contribution in [1.29, 1.82) is 0 Å². The van der Waals surface area contributed by atoms with E-state index >= 15 is 0 Å². The third kappa shape index (κ3) is 3.95. The Kier molecular flexibility index (Phi) is 3.92. The van der Waals surface area contributed by atoms with Gasteiger partial charge in [-0.05, 0) is 22.3 Å². The van der Waals surface area contributed by atoms with Gasteiger partial charge in [0.25, 0.3) is 0 Å². The molecule has 0 spiro atoms. The predicted molar refractivity (Wildman–Crippen MR) is 75.8 cm³/mol. The molecule has 1 nitrogen and oxygen atoms in total. The highest BCUT2D eigenvalue weighted by atomic mass is 32.8. The second kappa shape index (κ2) is 5.43. The summed E-state index contributed by atoms with van der Waals surface area (Å²) in [4.78, 5) is 0. The third-order valence-corrected chi connectivity index (χ3v) is 4.71. The van der Waals surface area contributed by atoms with Crippen LogP contribution in [-0.4, -0.2) is 4.21 Å². The summed E-state index contributed by atoms with van der Waals surface area (Å²) in [5, 5.41) is 0. The number of hydrogen-bond donors (Lipinski definition) is 0. The zero-order valence-corrected chi connectivity index (χ0v) is 11.0. The minimum atomic E-state index is -2.25. The minimum absolute atomic E-state index is 0.470. The van der Waals surface area contributed by atoms with Crippen molar-refractivity contribution in [2.45, 2.75) is 11.5 Å². The van der Waals surface area contributed by atoms with E-state index in [1.807, 2.05) is 60.7 Å². The zero-order valence-electron chi connectivity index (χ0n) is 9.41. The van der Waals surface area contributed by atoms with Gasteiger partial charge in [-0.1, -0.05) is 60.7 Å². The molecule has 0 amide bonds. The van der Waals surface area contributed by atoms with Gasteiger partial charge >= 0.3 is 0 Å². The summed E-state index contributed by atoms with van der Waals surface area (Å²) in [7, 11) is -2.25. The van der Waals surface area contributed by atoms with E-state index in [9.17, 15) is 4.21 Å². The highest BCUT2D eigenvalue weighted by molar-refractivity contribution is 8.32. The van der Waals surface area contributed by atoms with Crippen molar-refractivity contribution in [3.63, 3.8) is 0 Å². The first-order chi connectivity index (χ1) is 8.16. The number of benzene rings is 2. The molecule has 0 aliphatic rings. The summed E-state index contributed by atoms with van der Waals surface area (Å²) < 4.78 is 12.3. The van der Waals surface area contributed by atoms with Gasteiger partial charge < -0.3 is 0 Å². The fourth-order valence-corrected chi connectivity index (χ4v) is 4.03. The molecular formula is C14H14OS2. The molecule has 0 aliphatic carbocycles. The molecule has 0 bridgehead atoms. The fourth-order valence-electron chi connectivity index (χ4n) is 1.71. The Labute approximate surface area is 107 Å². The van der Waals surface area contributed by atoms with Gasteiger partial charge in [-0.2, -0.15) is 0 Å². The van der Waals surface area contributed by atoms with Crippen LogP contribution in [0.3, 0.4) is 0 Å². The standard InChI is InChI=1S/C14H14OS2/c15-17(16,11-13-7-3-1-4-8-13)12-14-9-5-2-6-10-14/h1-10H,11-12H2. The van der Waals surface area contributed by atoms with Crippen LogP contribution in [0.2, 0.25) is 0 Å². The first kappa shape index (κ1) is 12.3. The van der Waals surface area contributed by atoms with Gasteiger partial charge in [0, 0.05) is 8.49 Å². The monoisotopic (exact) mass is 262 g/mol. The van der Waals surface area contributed by atoms with Crippen molar-refractivity contribution < 1.29 is 4.21 Å². The maximum atomic E-state index is 12.3. The molecule has 88 valence electrons. The van der Waals surface area contributed by atoms with Crippen LogP contribution in [0.1, 0.15) is 11.1 Å². The smallest absolute Gasteiger partial charge is 0.0512 e. The molecule has 3 heteroatoms. The Balaban J connectivity index is 2.11. The molecule has 0 atom stereocenters. The molecule has 17 heavy (non-hydrogen) atoms. The Morgan fingerprint density at radius 3 is 1.47 bits per heavy atom. The van der Waals surface area contributed by atoms with Crippen LogP contribution >= 0.6 is 0 Å². The molecule has 0 N–H and O–H groups in total. The Morgan fingerprint density at radius 1 is 0.765 bits per heavy atom. The van der Waals surface area contributed by atoms with Crippen molar-refractivity contribution in [2.75, 3.05) is 0 Å². The zero-order chi connectivity index (χ0) is 12.1. The van der Waals surface area contributed by atoms with Gasteiger partial charge in [0.05, 0.1) is 11.5 Å². The second-order valence-corrected chi connectivity index (χ2v) is 7.89. The molecule has 2 rings (SSSR count). The van der Waals surface area contributed by atoms with Crippen molar-refractivity contribution in [1.82, 2.24) is 0 Å². The van der Waals surface area contributed by atoms with Gasteiger partial charge in [0.1, 0.15) is 0 Å². The lowest BCUT2D eigenvalue weighted by Crippen LogP contribution is -2.05. The highest BCUT2D eigenvalue weighted by Crippen LogP contribution is 2.12. The fraction of sp³-hybridized carbons (Fsp3) is 0.143. The molecule has 2 aromatic carbocycles. The van der Waals surface area contributed by atoms with Crippen LogP contribution in [0.15, 0.2) is 60.7 Å². The minimum Gasteiger partial charge on any atom is -0.256 e. The molecule has 0 unspecified atom stereocenters. The molecule has 0 saturated carbocycles. The van der Waals surface area contributed by atoms with Gasteiger partial charge in [-0.15, -0.1) is 0 Å². The molecule has 0 saturated heterocycles. The van der Waals surface area contributed by atoms with Gasteiger partial charge in [-0.25, -0.2) is 0 Å². The van der Waals surface area contributed by atoms with Crippen LogP contribution in [-0.2, 0) is 31.2 Å². The van der Waals surface area contributed by atoms with E-state index in [-0.39, 0.29) is 0 Å². The van der Waals surface area contributed by atoms with Crippen LogP contribution in [0.5, 0.6) is 0 Å². The Hall–Kier alpha value is -1.19. The summed E-state index contributed by atoms with van der Waals surface area (Å²) in [6.07, 6.45) is 0. The van der Waals surface area contributed by atoms with Crippen LogP contribution in [0.25, 0.3) is 0 Å². The molecule has 0 aliphatic heterocycles. The van der Waals surface area contributed by atoms with E-state index in [1.165, 1.54) is 0 Å². The third-order valence-electron chi connectivity index (χ3n) is 2.46. The largest absolute Gasteiger partial charge is 0.256 e. The Bertz CT molecular complexity index is 512. The SMILES string of the molecule is O=S(=S)(Cc1ccccc1)Cc1ccccc1. The summed E-state index contributed by atoms with van der Waals surface area (Å²) in [5.41, 5.74) is 2.09. The summed E-state index contributed by atoms with van der Waals surface area (Å²) in [6, 6.07) is 19.6. The first-order valence-electron chi connectivity index (χ1n) is 5.44. The quantitative estimate of drug-likeness (QED) is 0.842. The average Bonchev–Trinajstić information content (AvgIpc) is 2.30. The number of rotatable bonds is 4. The van der Waals surface area contributed by atoms with Crippen molar-refractivity contribution in [2.24, 2.45) is 0 Å². The highest BCUT2D eigenvalue weighted by Gasteiger charge is 2.08. The lowest BCUT2D eigenvalue weighted by atomic mass is 10.2. The van der Waals surface area contributed by atoms with Gasteiger partial charge in [0.15, 0.2) is 0 Å². The van der Waals surface area contributed by atoms with Crippen molar-refractivity contribution in [3.05, 3.63) is 71.8 Å². The lowest BCUT2D eigenvalue weighted by Gasteiger charge is -2.07. The van der Waals surface area contributed by atoms with E-state index in [2.05, 4.69) is 0 Å². The van der Waals surface area contributed by atoms with Crippen LogP contribution in [0, 0.1) is 0 Å². The molecule has 0 heterocycles. The first-order valence-corrected chi connectivity index (χ1v) is 8.26. The molecule has 2 aromatic rings. The van der Waals surface area contributed by atoms with E-state index in [0.29, 0.717) is 11.5 Å².